The van der Waals surface area contributed by atoms with Gasteiger partial charge in [0.1, 0.15) is 6.42 Å². The number of carbonyl (C=O) groups is 2. The number of rotatable bonds is 24. The van der Waals surface area contributed by atoms with Crippen molar-refractivity contribution in [2.24, 2.45) is 0 Å². The molecule has 4 nitrogen and oxygen atoms in total. The van der Waals surface area contributed by atoms with E-state index in [2.05, 4.69) is 13.8 Å². The van der Waals surface area contributed by atoms with Crippen LogP contribution in [0.4, 0.5) is 0 Å². The van der Waals surface area contributed by atoms with Crippen LogP contribution in [-0.2, 0) is 19.1 Å². The predicted molar refractivity (Wildman–Crippen MR) is 130 cm³/mol. The molecule has 0 rings (SSSR count). The lowest BCUT2D eigenvalue weighted by Crippen LogP contribution is -2.15. The molecule has 0 fully saturated rings. The summed E-state index contributed by atoms with van der Waals surface area (Å²) in [5.41, 5.74) is 0. The smallest absolute Gasteiger partial charge is 0.317 e. The lowest BCUT2D eigenvalue weighted by atomic mass is 10.1. The van der Waals surface area contributed by atoms with Crippen LogP contribution >= 0.6 is 0 Å². The summed E-state index contributed by atoms with van der Waals surface area (Å²) in [5.74, 6) is -0.909. The SMILES string of the molecule is CCCCCCCCCCCCOC(=O)CC(=O)OCCCCCCCCCCCC. The Morgan fingerprint density at radius 2 is 0.677 bits per heavy atom. The van der Waals surface area contributed by atoms with Gasteiger partial charge in [-0.2, -0.15) is 0 Å². The summed E-state index contributed by atoms with van der Waals surface area (Å²) < 4.78 is 10.3. The molecule has 0 aromatic heterocycles. The van der Waals surface area contributed by atoms with Crippen molar-refractivity contribution in [1.29, 1.82) is 0 Å². The Labute approximate surface area is 193 Å². The standard InChI is InChI=1S/C27H52O4/c1-3-5-7-9-11-13-15-17-19-21-23-30-26(28)25-27(29)31-24-22-20-18-16-14-12-10-8-6-4-2/h3-25H2,1-2H3. The van der Waals surface area contributed by atoms with Gasteiger partial charge in [-0.15, -0.1) is 0 Å². The largest absolute Gasteiger partial charge is 0.465 e. The molecule has 0 heterocycles. The minimum Gasteiger partial charge on any atom is -0.465 e. The molecule has 0 aliphatic rings. The molecule has 4 heteroatoms. The second-order valence-electron chi connectivity index (χ2n) is 8.98. The van der Waals surface area contributed by atoms with E-state index in [4.69, 9.17) is 9.47 Å². The van der Waals surface area contributed by atoms with Gasteiger partial charge in [0.2, 0.25) is 0 Å². The van der Waals surface area contributed by atoms with Gasteiger partial charge in [0.05, 0.1) is 13.2 Å². The lowest BCUT2D eigenvalue weighted by molar-refractivity contribution is -0.154. The van der Waals surface area contributed by atoms with Crippen LogP contribution in [-0.4, -0.2) is 25.2 Å². The van der Waals surface area contributed by atoms with Gasteiger partial charge in [-0.3, -0.25) is 9.59 Å². The Morgan fingerprint density at radius 1 is 0.419 bits per heavy atom. The third-order valence-electron chi connectivity index (χ3n) is 5.81. The van der Waals surface area contributed by atoms with Crippen LogP contribution in [0.15, 0.2) is 0 Å². The quantitative estimate of drug-likeness (QED) is 0.0860. The summed E-state index contributed by atoms with van der Waals surface area (Å²) in [5, 5.41) is 0. The van der Waals surface area contributed by atoms with Crippen LogP contribution in [0, 0.1) is 0 Å². The molecule has 0 aliphatic carbocycles. The molecular weight excluding hydrogens is 388 g/mol. The first-order chi connectivity index (χ1) is 15.2. The number of hydrogen-bond acceptors (Lipinski definition) is 4. The summed E-state index contributed by atoms with van der Waals surface area (Å²) in [7, 11) is 0. The van der Waals surface area contributed by atoms with E-state index in [1.54, 1.807) is 0 Å². The molecule has 184 valence electrons. The van der Waals surface area contributed by atoms with Crippen molar-refractivity contribution in [1.82, 2.24) is 0 Å². The van der Waals surface area contributed by atoms with Crippen LogP contribution in [0.2, 0.25) is 0 Å². The maximum atomic E-state index is 11.7. The zero-order chi connectivity index (χ0) is 22.8. The van der Waals surface area contributed by atoms with E-state index in [9.17, 15) is 9.59 Å². The zero-order valence-corrected chi connectivity index (χ0v) is 20.9. The fraction of sp³-hybridized carbons (Fsp3) is 0.926. The molecule has 0 aliphatic heterocycles. The summed E-state index contributed by atoms with van der Waals surface area (Å²) >= 11 is 0. The van der Waals surface area contributed by atoms with Gasteiger partial charge < -0.3 is 9.47 Å². The van der Waals surface area contributed by atoms with Crippen molar-refractivity contribution in [2.45, 2.75) is 149 Å². The zero-order valence-electron chi connectivity index (χ0n) is 20.9. The first kappa shape index (κ1) is 29.9. The molecular formula is C27H52O4. The van der Waals surface area contributed by atoms with Crippen LogP contribution in [0.3, 0.4) is 0 Å². The van der Waals surface area contributed by atoms with Crippen molar-refractivity contribution >= 4 is 11.9 Å². The maximum absolute atomic E-state index is 11.7. The highest BCUT2D eigenvalue weighted by molar-refractivity contribution is 5.91. The number of carbonyl (C=O) groups excluding carboxylic acids is 2. The first-order valence-electron chi connectivity index (χ1n) is 13.5. The number of hydrogen-bond donors (Lipinski definition) is 0. The highest BCUT2D eigenvalue weighted by Crippen LogP contribution is 2.11. The van der Waals surface area contributed by atoms with Crippen LogP contribution in [0.25, 0.3) is 0 Å². The normalized spacial score (nSPS) is 10.9. The number of ether oxygens (including phenoxy) is 2. The van der Waals surface area contributed by atoms with Gasteiger partial charge >= 0.3 is 11.9 Å². The highest BCUT2D eigenvalue weighted by Gasteiger charge is 2.11. The lowest BCUT2D eigenvalue weighted by Gasteiger charge is -2.06. The Bertz CT molecular complexity index is 359. The molecule has 0 saturated heterocycles. The topological polar surface area (TPSA) is 52.6 Å². The van der Waals surface area contributed by atoms with Crippen LogP contribution in [0.5, 0.6) is 0 Å². The van der Waals surface area contributed by atoms with E-state index < -0.39 is 11.9 Å². The maximum Gasteiger partial charge on any atom is 0.317 e. The van der Waals surface area contributed by atoms with Crippen molar-refractivity contribution < 1.29 is 19.1 Å². The molecule has 0 saturated carbocycles. The van der Waals surface area contributed by atoms with Crippen molar-refractivity contribution in [3.05, 3.63) is 0 Å². The number of unbranched alkanes of at least 4 members (excludes halogenated alkanes) is 18. The van der Waals surface area contributed by atoms with E-state index in [-0.39, 0.29) is 6.42 Å². The molecule has 0 N–H and O–H groups in total. The highest BCUT2D eigenvalue weighted by atomic mass is 16.6. The van der Waals surface area contributed by atoms with E-state index in [0.29, 0.717) is 13.2 Å². The van der Waals surface area contributed by atoms with Gasteiger partial charge in [0.15, 0.2) is 0 Å². The predicted octanol–water partition coefficient (Wildman–Crippen LogP) is 8.30. The molecule has 0 radical (unpaired) electrons. The Kier molecular flexibility index (Phi) is 24.3. The van der Waals surface area contributed by atoms with E-state index >= 15 is 0 Å². The molecule has 0 bridgehead atoms. The third-order valence-corrected chi connectivity index (χ3v) is 5.81. The van der Waals surface area contributed by atoms with Crippen LogP contribution < -0.4 is 0 Å². The summed E-state index contributed by atoms with van der Waals surface area (Å²) in [6.07, 6.45) is 24.7. The molecule has 0 spiro atoms. The van der Waals surface area contributed by atoms with Gasteiger partial charge in [-0.25, -0.2) is 0 Å². The molecule has 0 aromatic carbocycles. The molecule has 0 atom stereocenters. The van der Waals surface area contributed by atoms with E-state index in [1.807, 2.05) is 0 Å². The van der Waals surface area contributed by atoms with E-state index in [0.717, 1.165) is 25.7 Å². The average Bonchev–Trinajstić information content (AvgIpc) is 2.75. The Balaban J connectivity index is 3.31. The monoisotopic (exact) mass is 440 g/mol. The van der Waals surface area contributed by atoms with Crippen LogP contribution in [0.1, 0.15) is 149 Å². The van der Waals surface area contributed by atoms with Gasteiger partial charge in [0, 0.05) is 0 Å². The number of esters is 2. The second kappa shape index (κ2) is 25.2. The second-order valence-corrected chi connectivity index (χ2v) is 8.98. The van der Waals surface area contributed by atoms with E-state index in [1.165, 1.54) is 103 Å². The fourth-order valence-electron chi connectivity index (χ4n) is 3.77. The molecule has 0 amide bonds. The summed E-state index contributed by atoms with van der Waals surface area (Å²) in [6.45, 7) is 5.33. The summed E-state index contributed by atoms with van der Waals surface area (Å²) in [6, 6.07) is 0. The third kappa shape index (κ3) is 25.1. The van der Waals surface area contributed by atoms with Gasteiger partial charge in [-0.1, -0.05) is 129 Å². The minimum atomic E-state index is -0.455. The summed E-state index contributed by atoms with van der Waals surface area (Å²) in [4.78, 5) is 23.4. The first-order valence-corrected chi connectivity index (χ1v) is 13.5. The van der Waals surface area contributed by atoms with Gasteiger partial charge in [-0.05, 0) is 12.8 Å². The molecule has 31 heavy (non-hydrogen) atoms. The molecule has 0 aromatic rings. The van der Waals surface area contributed by atoms with Crippen molar-refractivity contribution in [3.63, 3.8) is 0 Å². The van der Waals surface area contributed by atoms with Crippen molar-refractivity contribution in [2.75, 3.05) is 13.2 Å². The fourth-order valence-corrected chi connectivity index (χ4v) is 3.77. The minimum absolute atomic E-state index is 0.254. The molecule has 0 unspecified atom stereocenters. The van der Waals surface area contributed by atoms with Crippen molar-refractivity contribution in [3.8, 4) is 0 Å². The Morgan fingerprint density at radius 3 is 0.968 bits per heavy atom. The average molecular weight is 441 g/mol. The Hall–Kier alpha value is -1.06. The van der Waals surface area contributed by atoms with Gasteiger partial charge in [0.25, 0.3) is 0 Å².